The molecule has 3 rings (SSSR count). The lowest BCUT2D eigenvalue weighted by atomic mass is 9.97. The molecule has 176 valence electrons. The van der Waals surface area contributed by atoms with Crippen LogP contribution >= 0.6 is 0 Å². The summed E-state index contributed by atoms with van der Waals surface area (Å²) in [5, 5.41) is 0. The molecule has 0 radical (unpaired) electrons. The fourth-order valence-corrected chi connectivity index (χ4v) is 4.74. The van der Waals surface area contributed by atoms with E-state index in [-0.39, 0.29) is 23.9 Å². The van der Waals surface area contributed by atoms with Gasteiger partial charge in [0.1, 0.15) is 11.5 Å². The van der Waals surface area contributed by atoms with E-state index >= 15 is 4.39 Å². The minimum absolute atomic E-state index is 0.0581. The van der Waals surface area contributed by atoms with Crippen molar-refractivity contribution < 1.29 is 35.5 Å². The van der Waals surface area contributed by atoms with Gasteiger partial charge in [0.2, 0.25) is 11.5 Å². The Morgan fingerprint density at radius 1 is 0.848 bits per heavy atom. The van der Waals surface area contributed by atoms with Crippen molar-refractivity contribution in [2.45, 2.75) is 24.5 Å². The van der Waals surface area contributed by atoms with Crippen LogP contribution in [0.15, 0.2) is 72.8 Å². The first kappa shape index (κ1) is 24.5. The highest BCUT2D eigenvalue weighted by molar-refractivity contribution is 7.90. The number of alkyl halides is 4. The van der Waals surface area contributed by atoms with Crippen LogP contribution in [0, 0.1) is 0 Å². The molecule has 0 amide bonds. The van der Waals surface area contributed by atoms with Crippen molar-refractivity contribution in [2.75, 3.05) is 12.4 Å². The van der Waals surface area contributed by atoms with E-state index in [0.29, 0.717) is 5.75 Å². The van der Waals surface area contributed by atoms with Crippen LogP contribution in [-0.2, 0) is 21.3 Å². The monoisotopic (exact) mass is 483 g/mol. The number of benzene rings is 2. The van der Waals surface area contributed by atoms with Gasteiger partial charge in [-0.15, -0.1) is 0 Å². The molecule has 1 unspecified atom stereocenters. The number of ether oxygens (including phenoxy) is 2. The Kier molecular flexibility index (Phi) is 7.26. The van der Waals surface area contributed by atoms with Gasteiger partial charge in [-0.1, -0.05) is 36.4 Å². The molecule has 5 nitrogen and oxygen atoms in total. The van der Waals surface area contributed by atoms with Crippen molar-refractivity contribution in [3.8, 4) is 17.4 Å². The van der Waals surface area contributed by atoms with Crippen molar-refractivity contribution in [3.63, 3.8) is 0 Å². The largest absolute Gasteiger partial charge is 0.494 e. The van der Waals surface area contributed by atoms with Crippen LogP contribution in [0.1, 0.15) is 18.2 Å². The Morgan fingerprint density at radius 3 is 2.12 bits per heavy atom. The lowest BCUT2D eigenvalue weighted by molar-refractivity contribution is -0.227. The maximum absolute atomic E-state index is 15.3. The lowest BCUT2D eigenvalue weighted by Gasteiger charge is -2.28. The second-order valence-electron chi connectivity index (χ2n) is 7.17. The summed E-state index contributed by atoms with van der Waals surface area (Å²) in [6.45, 7) is 1.96. The zero-order valence-corrected chi connectivity index (χ0v) is 18.4. The van der Waals surface area contributed by atoms with E-state index in [4.69, 9.17) is 9.47 Å². The van der Waals surface area contributed by atoms with E-state index in [1.165, 1.54) is 18.2 Å². The van der Waals surface area contributed by atoms with E-state index in [0.717, 1.165) is 24.3 Å². The van der Waals surface area contributed by atoms with Gasteiger partial charge in [-0.2, -0.15) is 13.2 Å². The van der Waals surface area contributed by atoms with Gasteiger partial charge < -0.3 is 9.47 Å². The minimum Gasteiger partial charge on any atom is -0.494 e. The van der Waals surface area contributed by atoms with E-state index < -0.39 is 38.8 Å². The van der Waals surface area contributed by atoms with E-state index in [2.05, 4.69) is 4.98 Å². The van der Waals surface area contributed by atoms with Crippen molar-refractivity contribution >= 4 is 9.84 Å². The number of hydrogen-bond acceptors (Lipinski definition) is 5. The van der Waals surface area contributed by atoms with E-state index in [9.17, 15) is 21.6 Å². The third-order valence-electron chi connectivity index (χ3n) is 4.61. The number of aromatic nitrogens is 1. The molecule has 1 heterocycles. The van der Waals surface area contributed by atoms with Crippen LogP contribution in [-0.4, -0.2) is 31.9 Å². The standard InChI is InChI=1S/C23H21F4NO4S/c1-2-31-19-13-11-17(12-14-19)22(24,23(25,26)27)16-33(29,30)15-18-7-6-10-21(28-18)32-20-8-4-3-5-9-20/h3-14H,2,15-16H2,1H3. The highest BCUT2D eigenvalue weighted by Gasteiger charge is 2.59. The molecule has 10 heteroatoms. The van der Waals surface area contributed by atoms with Gasteiger partial charge in [-0.25, -0.2) is 17.8 Å². The molecular weight excluding hydrogens is 462 g/mol. The summed E-state index contributed by atoms with van der Waals surface area (Å²) in [7, 11) is -4.58. The van der Waals surface area contributed by atoms with Crippen molar-refractivity contribution in [1.82, 2.24) is 4.98 Å². The predicted molar refractivity (Wildman–Crippen MR) is 115 cm³/mol. The molecule has 0 bridgehead atoms. The minimum atomic E-state index is -5.46. The average Bonchev–Trinajstić information content (AvgIpc) is 2.74. The van der Waals surface area contributed by atoms with Crippen molar-refractivity contribution in [3.05, 3.63) is 84.1 Å². The predicted octanol–water partition coefficient (Wildman–Crippen LogP) is 5.61. The number of hydrogen-bond donors (Lipinski definition) is 0. The molecule has 0 fully saturated rings. The van der Waals surface area contributed by atoms with E-state index in [1.54, 1.807) is 37.3 Å². The fraction of sp³-hybridized carbons (Fsp3) is 0.261. The molecule has 33 heavy (non-hydrogen) atoms. The molecule has 0 saturated heterocycles. The molecule has 3 aromatic rings. The molecule has 1 atom stereocenters. The van der Waals surface area contributed by atoms with Gasteiger partial charge in [0, 0.05) is 6.07 Å². The number of halogens is 4. The first-order valence-corrected chi connectivity index (χ1v) is 11.7. The van der Waals surface area contributed by atoms with E-state index in [1.807, 2.05) is 0 Å². The van der Waals surface area contributed by atoms with Crippen LogP contribution < -0.4 is 9.47 Å². The first-order chi connectivity index (χ1) is 15.5. The van der Waals surface area contributed by atoms with Gasteiger partial charge in [0.25, 0.3) is 0 Å². The first-order valence-electron chi connectivity index (χ1n) is 9.91. The van der Waals surface area contributed by atoms with Crippen LogP contribution in [0.2, 0.25) is 0 Å². The number of para-hydroxylation sites is 1. The zero-order valence-electron chi connectivity index (χ0n) is 17.5. The molecular formula is C23H21F4NO4S. The summed E-state index contributed by atoms with van der Waals surface area (Å²) >= 11 is 0. The topological polar surface area (TPSA) is 65.5 Å². The Bertz CT molecular complexity index is 1170. The Labute approximate surface area is 188 Å². The molecule has 1 aromatic heterocycles. The maximum atomic E-state index is 15.3. The average molecular weight is 483 g/mol. The van der Waals surface area contributed by atoms with Gasteiger partial charge in [-0.05, 0) is 42.8 Å². The molecule has 0 N–H and O–H groups in total. The molecule has 2 aromatic carbocycles. The van der Waals surface area contributed by atoms with Crippen LogP contribution in [0.5, 0.6) is 17.4 Å². The van der Waals surface area contributed by atoms with Gasteiger partial charge >= 0.3 is 6.18 Å². The maximum Gasteiger partial charge on any atom is 0.427 e. The third-order valence-corrected chi connectivity index (χ3v) is 6.18. The second-order valence-corrected chi connectivity index (χ2v) is 9.24. The van der Waals surface area contributed by atoms with Gasteiger partial charge in [0.05, 0.1) is 23.8 Å². The zero-order chi connectivity index (χ0) is 24.1. The molecule has 0 spiro atoms. The third kappa shape index (κ3) is 6.22. The van der Waals surface area contributed by atoms with Crippen molar-refractivity contribution in [2.24, 2.45) is 0 Å². The summed E-state index contributed by atoms with van der Waals surface area (Å²) < 4.78 is 92.4. The Morgan fingerprint density at radius 2 is 1.52 bits per heavy atom. The normalized spacial score (nSPS) is 13.8. The second kappa shape index (κ2) is 9.78. The molecule has 0 aliphatic heterocycles. The summed E-state index contributed by atoms with van der Waals surface area (Å²) in [6, 6.07) is 16.9. The quantitative estimate of drug-likeness (QED) is 0.370. The lowest BCUT2D eigenvalue weighted by Crippen LogP contribution is -2.44. The van der Waals surface area contributed by atoms with Crippen LogP contribution in [0.25, 0.3) is 0 Å². The summed E-state index contributed by atoms with van der Waals surface area (Å²) in [4.78, 5) is 4.03. The highest BCUT2D eigenvalue weighted by Crippen LogP contribution is 2.44. The van der Waals surface area contributed by atoms with Crippen LogP contribution in [0.4, 0.5) is 17.6 Å². The Balaban J connectivity index is 1.83. The fourth-order valence-electron chi connectivity index (χ4n) is 3.09. The van der Waals surface area contributed by atoms with Gasteiger partial charge in [-0.3, -0.25) is 0 Å². The summed E-state index contributed by atoms with van der Waals surface area (Å²) in [5.74, 6) is -1.93. The molecule has 0 saturated carbocycles. The number of rotatable bonds is 9. The van der Waals surface area contributed by atoms with Crippen LogP contribution in [0.3, 0.4) is 0 Å². The SMILES string of the molecule is CCOc1ccc(C(F)(CS(=O)(=O)Cc2cccc(Oc3ccccc3)n2)C(F)(F)F)cc1. The number of sulfone groups is 1. The highest BCUT2D eigenvalue weighted by atomic mass is 32.2. The molecule has 0 aliphatic rings. The summed E-state index contributed by atoms with van der Waals surface area (Å²) in [5.41, 5.74) is -5.00. The smallest absolute Gasteiger partial charge is 0.427 e. The van der Waals surface area contributed by atoms with Gasteiger partial charge in [0.15, 0.2) is 9.84 Å². The van der Waals surface area contributed by atoms with Crippen molar-refractivity contribution in [1.29, 1.82) is 0 Å². The number of nitrogens with zero attached hydrogens (tertiary/aromatic N) is 1. The Hall–Kier alpha value is -3.14. The summed E-state index contributed by atoms with van der Waals surface area (Å²) in [6.07, 6.45) is -5.46. The number of pyridine rings is 1. The molecule has 0 aliphatic carbocycles.